The predicted molar refractivity (Wildman–Crippen MR) is 65.2 cm³/mol. The average molecular weight is 253 g/mol. The minimum atomic E-state index is -1.26. The van der Waals surface area contributed by atoms with Gasteiger partial charge in [-0.2, -0.15) is 0 Å². The highest BCUT2D eigenvalue weighted by atomic mass is 16.4. The quantitative estimate of drug-likeness (QED) is 0.719. The maximum atomic E-state index is 9.55. The molecule has 2 N–H and O–H groups in total. The number of carboxylic acid groups (broad SMARTS) is 2. The smallest absolute Gasteiger partial charge is 0.328 e. The standard InChI is InChI=1S/C9H15N.C4H4O4/c1-7-2-9-3-8(1)5-10(4-7)6-9;5-3(6)1-2-4(7)8/h7-9H,1-6H2;1-2H,(H,5,6)(H,7,8)/b;2-1+. The summed E-state index contributed by atoms with van der Waals surface area (Å²) in [5.74, 6) is 0.795. The normalized spacial score (nSPS) is 36.2. The van der Waals surface area contributed by atoms with Crippen LogP contribution in [-0.2, 0) is 9.59 Å². The number of carbonyl (C=O) groups is 2. The summed E-state index contributed by atoms with van der Waals surface area (Å²) >= 11 is 0. The first kappa shape index (κ1) is 13.1. The first-order valence-electron chi connectivity index (χ1n) is 6.39. The number of rotatable bonds is 2. The molecule has 5 heteroatoms. The van der Waals surface area contributed by atoms with E-state index in [-0.39, 0.29) is 0 Å². The van der Waals surface area contributed by atoms with Crippen LogP contribution >= 0.6 is 0 Å². The van der Waals surface area contributed by atoms with Gasteiger partial charge in [0, 0.05) is 31.8 Å². The molecule has 0 atom stereocenters. The van der Waals surface area contributed by atoms with E-state index < -0.39 is 11.9 Å². The molecule has 3 aliphatic heterocycles. The van der Waals surface area contributed by atoms with Crippen molar-refractivity contribution in [3.63, 3.8) is 0 Å². The van der Waals surface area contributed by atoms with Crippen molar-refractivity contribution >= 4 is 11.9 Å². The van der Waals surface area contributed by atoms with Gasteiger partial charge in [0.05, 0.1) is 0 Å². The van der Waals surface area contributed by atoms with Crippen molar-refractivity contribution in [1.29, 1.82) is 0 Å². The van der Waals surface area contributed by atoms with Crippen LogP contribution < -0.4 is 0 Å². The van der Waals surface area contributed by atoms with E-state index in [1.807, 2.05) is 0 Å². The molecule has 0 unspecified atom stereocenters. The van der Waals surface area contributed by atoms with Crippen LogP contribution in [0.1, 0.15) is 19.3 Å². The number of hydrogen-bond acceptors (Lipinski definition) is 3. The second-order valence-electron chi connectivity index (χ2n) is 5.53. The Kier molecular flexibility index (Phi) is 4.01. The molecule has 4 bridgehead atoms. The Hall–Kier alpha value is -1.36. The van der Waals surface area contributed by atoms with Crippen molar-refractivity contribution in [2.75, 3.05) is 19.6 Å². The predicted octanol–water partition coefficient (Wildman–Crippen LogP) is 1.06. The summed E-state index contributed by atoms with van der Waals surface area (Å²) in [5.41, 5.74) is 0. The van der Waals surface area contributed by atoms with E-state index >= 15 is 0 Å². The molecule has 18 heavy (non-hydrogen) atoms. The van der Waals surface area contributed by atoms with Gasteiger partial charge in [-0.3, -0.25) is 0 Å². The lowest BCUT2D eigenvalue weighted by atomic mass is 9.68. The summed E-state index contributed by atoms with van der Waals surface area (Å²) in [5, 5.41) is 15.6. The Balaban J connectivity index is 0.000000139. The highest BCUT2D eigenvalue weighted by Crippen LogP contribution is 2.42. The first-order chi connectivity index (χ1) is 8.52. The van der Waals surface area contributed by atoms with Crippen molar-refractivity contribution in [2.24, 2.45) is 17.8 Å². The van der Waals surface area contributed by atoms with E-state index in [4.69, 9.17) is 10.2 Å². The molecule has 1 saturated carbocycles. The van der Waals surface area contributed by atoms with Crippen LogP contribution in [0.15, 0.2) is 12.2 Å². The second-order valence-corrected chi connectivity index (χ2v) is 5.53. The van der Waals surface area contributed by atoms with Gasteiger partial charge in [-0.05, 0) is 37.0 Å². The maximum Gasteiger partial charge on any atom is 0.328 e. The van der Waals surface area contributed by atoms with Gasteiger partial charge in [0.15, 0.2) is 0 Å². The van der Waals surface area contributed by atoms with Gasteiger partial charge >= 0.3 is 11.9 Å². The molecule has 4 aliphatic rings. The largest absolute Gasteiger partial charge is 0.478 e. The fourth-order valence-electron chi connectivity index (χ4n) is 3.61. The van der Waals surface area contributed by atoms with Crippen LogP contribution in [0.25, 0.3) is 0 Å². The monoisotopic (exact) mass is 253 g/mol. The van der Waals surface area contributed by atoms with Gasteiger partial charge in [-0.25, -0.2) is 9.59 Å². The summed E-state index contributed by atoms with van der Waals surface area (Å²) in [6, 6.07) is 0. The van der Waals surface area contributed by atoms with E-state index in [2.05, 4.69) is 4.90 Å². The number of carboxylic acids is 2. The first-order valence-corrected chi connectivity index (χ1v) is 6.39. The van der Waals surface area contributed by atoms with E-state index in [1.165, 1.54) is 19.6 Å². The van der Waals surface area contributed by atoms with E-state index in [9.17, 15) is 9.59 Å². The Morgan fingerprint density at radius 3 is 1.39 bits per heavy atom. The zero-order valence-corrected chi connectivity index (χ0v) is 10.3. The van der Waals surface area contributed by atoms with Crippen LogP contribution in [0.5, 0.6) is 0 Å². The molecule has 1 aliphatic carbocycles. The van der Waals surface area contributed by atoms with Crippen molar-refractivity contribution in [2.45, 2.75) is 19.3 Å². The fourth-order valence-corrected chi connectivity index (χ4v) is 3.61. The molecule has 0 radical (unpaired) electrons. The topological polar surface area (TPSA) is 77.8 Å². The van der Waals surface area contributed by atoms with Gasteiger partial charge in [-0.1, -0.05) is 0 Å². The minimum Gasteiger partial charge on any atom is -0.478 e. The molecule has 0 amide bonds. The highest BCUT2D eigenvalue weighted by molar-refractivity contribution is 5.89. The van der Waals surface area contributed by atoms with E-state index in [1.54, 1.807) is 19.3 Å². The van der Waals surface area contributed by atoms with E-state index in [0.717, 1.165) is 17.8 Å². The fraction of sp³-hybridized carbons (Fsp3) is 0.692. The second kappa shape index (κ2) is 5.52. The molecular formula is C13H19NO4. The van der Waals surface area contributed by atoms with Gasteiger partial charge in [0.2, 0.25) is 0 Å². The maximum absolute atomic E-state index is 9.55. The van der Waals surface area contributed by atoms with Crippen molar-refractivity contribution in [1.82, 2.24) is 4.90 Å². The minimum absolute atomic E-state index is 0.558. The average Bonchev–Trinajstić information content (AvgIpc) is 2.25. The molecule has 0 aromatic carbocycles. The summed E-state index contributed by atoms with van der Waals surface area (Å²) < 4.78 is 0. The van der Waals surface area contributed by atoms with Crippen LogP contribution in [0.3, 0.4) is 0 Å². The van der Waals surface area contributed by atoms with Crippen LogP contribution in [0.2, 0.25) is 0 Å². The molecule has 4 rings (SSSR count). The Morgan fingerprint density at radius 1 is 0.833 bits per heavy atom. The molecule has 0 aromatic rings. The Labute approximate surface area is 106 Å². The van der Waals surface area contributed by atoms with Crippen LogP contribution in [-0.4, -0.2) is 46.7 Å². The Bertz CT molecular complexity index is 291. The van der Waals surface area contributed by atoms with Crippen molar-refractivity contribution in [3.05, 3.63) is 12.2 Å². The molecular weight excluding hydrogens is 234 g/mol. The third kappa shape index (κ3) is 3.57. The molecule has 100 valence electrons. The summed E-state index contributed by atoms with van der Waals surface area (Å²) in [7, 11) is 0. The summed E-state index contributed by atoms with van der Waals surface area (Å²) in [6.45, 7) is 4.31. The highest BCUT2D eigenvalue weighted by Gasteiger charge is 2.40. The molecule has 3 heterocycles. The lowest BCUT2D eigenvalue weighted by Crippen LogP contribution is -2.53. The van der Waals surface area contributed by atoms with Crippen molar-refractivity contribution in [3.8, 4) is 0 Å². The number of aliphatic carboxylic acids is 2. The van der Waals surface area contributed by atoms with Gasteiger partial charge in [0.25, 0.3) is 0 Å². The van der Waals surface area contributed by atoms with Crippen LogP contribution in [0, 0.1) is 17.8 Å². The van der Waals surface area contributed by atoms with E-state index in [0.29, 0.717) is 12.2 Å². The molecule has 5 nitrogen and oxygen atoms in total. The number of piperidine rings is 3. The third-order valence-corrected chi connectivity index (χ3v) is 3.92. The SMILES string of the molecule is C1C2CC3CC1CN(C2)C3.O=C(O)/C=C/C(=O)O. The van der Waals surface area contributed by atoms with Gasteiger partial charge in [0.1, 0.15) is 0 Å². The lowest BCUT2D eigenvalue weighted by molar-refractivity contribution is -0.134. The zero-order chi connectivity index (χ0) is 13.1. The summed E-state index contributed by atoms with van der Waals surface area (Å²) in [6.07, 6.45) is 5.80. The molecule has 0 spiro atoms. The Morgan fingerprint density at radius 2 is 1.17 bits per heavy atom. The van der Waals surface area contributed by atoms with Crippen LogP contribution in [0.4, 0.5) is 0 Å². The molecule has 0 aromatic heterocycles. The van der Waals surface area contributed by atoms with Gasteiger partial charge < -0.3 is 15.1 Å². The van der Waals surface area contributed by atoms with Gasteiger partial charge in [-0.15, -0.1) is 0 Å². The lowest BCUT2D eigenvalue weighted by Gasteiger charge is -2.51. The number of nitrogens with zero attached hydrogens (tertiary/aromatic N) is 1. The summed E-state index contributed by atoms with van der Waals surface area (Å²) in [4.78, 5) is 21.8. The molecule has 3 saturated heterocycles. The number of hydrogen-bond donors (Lipinski definition) is 2. The van der Waals surface area contributed by atoms with Crippen molar-refractivity contribution < 1.29 is 19.8 Å². The molecule has 4 fully saturated rings. The third-order valence-electron chi connectivity index (χ3n) is 3.92. The zero-order valence-electron chi connectivity index (χ0n) is 10.3.